The molecule has 3 aromatic carbocycles. The average molecular weight is 399 g/mol. The van der Waals surface area contributed by atoms with Crippen molar-refractivity contribution in [1.82, 2.24) is 14.9 Å². The molecule has 0 saturated heterocycles. The summed E-state index contributed by atoms with van der Waals surface area (Å²) in [6.07, 6.45) is 0. The lowest BCUT2D eigenvalue weighted by Gasteiger charge is -2.12. The van der Waals surface area contributed by atoms with Crippen LogP contribution in [0.25, 0.3) is 11.0 Å². The highest BCUT2D eigenvalue weighted by molar-refractivity contribution is 5.94. The Labute approximate surface area is 176 Å². The maximum atomic E-state index is 12.5. The van der Waals surface area contributed by atoms with Gasteiger partial charge in [-0.15, -0.1) is 0 Å². The Balaban J connectivity index is 1.48. The molecule has 0 aliphatic carbocycles. The van der Waals surface area contributed by atoms with Gasteiger partial charge in [0.15, 0.2) is 0 Å². The summed E-state index contributed by atoms with van der Waals surface area (Å²) in [6.45, 7) is 5.56. The summed E-state index contributed by atoms with van der Waals surface area (Å²) in [5, 5.41) is 2.99. The van der Waals surface area contributed by atoms with Crippen molar-refractivity contribution in [2.24, 2.45) is 0 Å². The fourth-order valence-electron chi connectivity index (χ4n) is 3.44. The number of para-hydroxylation sites is 2. The zero-order valence-electron chi connectivity index (χ0n) is 17.3. The highest BCUT2D eigenvalue weighted by atomic mass is 16.5. The Morgan fingerprint density at radius 3 is 2.57 bits per heavy atom. The quantitative estimate of drug-likeness (QED) is 0.492. The summed E-state index contributed by atoms with van der Waals surface area (Å²) in [6, 6.07) is 23.6. The van der Waals surface area contributed by atoms with Gasteiger partial charge >= 0.3 is 0 Å². The molecule has 0 aliphatic heterocycles. The molecule has 0 fully saturated rings. The second-order valence-corrected chi connectivity index (χ2v) is 7.38. The zero-order chi connectivity index (χ0) is 20.9. The number of rotatable bonds is 7. The fourth-order valence-corrected chi connectivity index (χ4v) is 3.44. The molecule has 5 heteroatoms. The molecular formula is C25H25N3O2. The number of amides is 1. The largest absolute Gasteiger partial charge is 0.492 e. The van der Waals surface area contributed by atoms with Gasteiger partial charge in [0.25, 0.3) is 5.91 Å². The predicted octanol–water partition coefficient (Wildman–Crippen LogP) is 4.66. The Morgan fingerprint density at radius 2 is 1.77 bits per heavy atom. The lowest BCUT2D eigenvalue weighted by molar-refractivity contribution is 0.0949. The smallest absolute Gasteiger partial charge is 0.251 e. The molecule has 1 heterocycles. The van der Waals surface area contributed by atoms with Gasteiger partial charge in [-0.2, -0.15) is 0 Å². The van der Waals surface area contributed by atoms with Crippen LogP contribution in [-0.2, 0) is 13.1 Å². The Hall–Kier alpha value is -3.60. The van der Waals surface area contributed by atoms with Gasteiger partial charge in [-0.05, 0) is 55.8 Å². The van der Waals surface area contributed by atoms with Crippen LogP contribution >= 0.6 is 0 Å². The maximum Gasteiger partial charge on any atom is 0.251 e. The van der Waals surface area contributed by atoms with Gasteiger partial charge in [0.2, 0.25) is 0 Å². The van der Waals surface area contributed by atoms with Crippen LogP contribution in [0.4, 0.5) is 0 Å². The van der Waals surface area contributed by atoms with Crippen molar-refractivity contribution in [3.63, 3.8) is 0 Å². The van der Waals surface area contributed by atoms with Crippen molar-refractivity contribution in [1.29, 1.82) is 0 Å². The lowest BCUT2D eigenvalue weighted by atomic mass is 10.1. The summed E-state index contributed by atoms with van der Waals surface area (Å²) in [5.74, 6) is 1.56. The fraction of sp³-hybridized carbons (Fsp3) is 0.200. The minimum atomic E-state index is -0.107. The predicted molar refractivity (Wildman–Crippen MR) is 119 cm³/mol. The number of hydrogen-bond donors (Lipinski definition) is 1. The number of imidazole rings is 1. The van der Waals surface area contributed by atoms with Crippen LogP contribution < -0.4 is 10.1 Å². The molecule has 4 rings (SSSR count). The van der Waals surface area contributed by atoms with E-state index in [0.717, 1.165) is 28.2 Å². The summed E-state index contributed by atoms with van der Waals surface area (Å²) in [5.41, 5.74) is 4.88. The maximum absolute atomic E-state index is 12.5. The molecule has 4 aromatic rings. The van der Waals surface area contributed by atoms with Crippen LogP contribution in [0, 0.1) is 13.8 Å². The Kier molecular flexibility index (Phi) is 5.80. The van der Waals surface area contributed by atoms with Crippen molar-refractivity contribution in [3.05, 3.63) is 95.3 Å². The van der Waals surface area contributed by atoms with Gasteiger partial charge in [0, 0.05) is 5.56 Å². The molecule has 5 nitrogen and oxygen atoms in total. The molecule has 0 unspecified atom stereocenters. The number of carbonyl (C=O) groups excluding carboxylic acids is 1. The van der Waals surface area contributed by atoms with Gasteiger partial charge in [0.1, 0.15) is 18.2 Å². The molecule has 1 N–H and O–H groups in total. The van der Waals surface area contributed by atoms with Crippen LogP contribution in [0.2, 0.25) is 0 Å². The van der Waals surface area contributed by atoms with E-state index in [1.165, 1.54) is 5.56 Å². The molecule has 0 atom stereocenters. The zero-order valence-corrected chi connectivity index (χ0v) is 17.3. The Bertz CT molecular complexity index is 1160. The first kappa shape index (κ1) is 19.7. The molecular weight excluding hydrogens is 374 g/mol. The Morgan fingerprint density at radius 1 is 0.967 bits per heavy atom. The summed E-state index contributed by atoms with van der Waals surface area (Å²) >= 11 is 0. The normalized spacial score (nSPS) is 10.9. The number of hydrogen-bond acceptors (Lipinski definition) is 3. The van der Waals surface area contributed by atoms with Gasteiger partial charge < -0.3 is 14.6 Å². The van der Waals surface area contributed by atoms with E-state index in [2.05, 4.69) is 9.88 Å². The van der Waals surface area contributed by atoms with Crippen LogP contribution in [0.5, 0.6) is 5.75 Å². The number of ether oxygens (including phenoxy) is 1. The molecule has 0 saturated carbocycles. The summed E-state index contributed by atoms with van der Waals surface area (Å²) in [7, 11) is 0. The number of carbonyl (C=O) groups is 1. The minimum absolute atomic E-state index is 0.107. The number of nitrogens with one attached hydrogen (secondary N) is 1. The number of benzene rings is 3. The van der Waals surface area contributed by atoms with Crippen LogP contribution in [0.1, 0.15) is 27.3 Å². The molecule has 0 aliphatic rings. The van der Waals surface area contributed by atoms with E-state index in [1.807, 2.05) is 86.6 Å². The first-order valence-corrected chi connectivity index (χ1v) is 10.1. The van der Waals surface area contributed by atoms with Crippen molar-refractivity contribution < 1.29 is 9.53 Å². The van der Waals surface area contributed by atoms with Gasteiger partial charge in [-0.1, -0.05) is 42.0 Å². The van der Waals surface area contributed by atoms with Crippen molar-refractivity contribution in [2.75, 3.05) is 6.61 Å². The molecule has 1 amide bonds. The van der Waals surface area contributed by atoms with Crippen LogP contribution in [0.15, 0.2) is 72.8 Å². The first-order valence-electron chi connectivity index (χ1n) is 10.1. The second-order valence-electron chi connectivity index (χ2n) is 7.38. The number of aryl methyl sites for hydroxylation is 2. The highest BCUT2D eigenvalue weighted by Gasteiger charge is 2.12. The van der Waals surface area contributed by atoms with E-state index in [1.54, 1.807) is 0 Å². The number of fused-ring (bicyclic) bond motifs is 1. The van der Waals surface area contributed by atoms with Crippen molar-refractivity contribution >= 4 is 16.9 Å². The monoisotopic (exact) mass is 399 g/mol. The van der Waals surface area contributed by atoms with E-state index >= 15 is 0 Å². The average Bonchev–Trinajstić information content (AvgIpc) is 3.10. The van der Waals surface area contributed by atoms with E-state index < -0.39 is 0 Å². The SMILES string of the molecule is Cc1ccc(C(=O)NCc2nc3ccccc3n2CCOc2cccc(C)c2)cc1. The van der Waals surface area contributed by atoms with E-state index in [0.29, 0.717) is 25.3 Å². The second kappa shape index (κ2) is 8.82. The van der Waals surface area contributed by atoms with Crippen LogP contribution in [0.3, 0.4) is 0 Å². The standard InChI is InChI=1S/C25H25N3O2/c1-18-10-12-20(13-11-18)25(29)26-17-24-27-22-8-3-4-9-23(22)28(24)14-15-30-21-7-5-6-19(2)16-21/h3-13,16H,14-15,17H2,1-2H3,(H,26,29). The minimum Gasteiger partial charge on any atom is -0.492 e. The topological polar surface area (TPSA) is 56.2 Å². The molecule has 0 radical (unpaired) electrons. The van der Waals surface area contributed by atoms with Crippen molar-refractivity contribution in [2.45, 2.75) is 26.9 Å². The molecule has 0 bridgehead atoms. The summed E-state index contributed by atoms with van der Waals surface area (Å²) < 4.78 is 8.05. The van der Waals surface area contributed by atoms with E-state index in [4.69, 9.17) is 9.72 Å². The van der Waals surface area contributed by atoms with E-state index in [-0.39, 0.29) is 5.91 Å². The third-order valence-electron chi connectivity index (χ3n) is 5.03. The van der Waals surface area contributed by atoms with Crippen molar-refractivity contribution in [3.8, 4) is 5.75 Å². The number of nitrogens with zero attached hydrogens (tertiary/aromatic N) is 2. The van der Waals surface area contributed by atoms with Crippen LogP contribution in [-0.4, -0.2) is 22.1 Å². The molecule has 30 heavy (non-hydrogen) atoms. The first-order chi connectivity index (χ1) is 14.6. The highest BCUT2D eigenvalue weighted by Crippen LogP contribution is 2.17. The van der Waals surface area contributed by atoms with E-state index in [9.17, 15) is 4.79 Å². The van der Waals surface area contributed by atoms with Gasteiger partial charge in [0.05, 0.1) is 24.1 Å². The lowest BCUT2D eigenvalue weighted by Crippen LogP contribution is -2.25. The molecule has 152 valence electrons. The molecule has 1 aromatic heterocycles. The van der Waals surface area contributed by atoms with Gasteiger partial charge in [-0.25, -0.2) is 4.98 Å². The van der Waals surface area contributed by atoms with Gasteiger partial charge in [-0.3, -0.25) is 4.79 Å². The third kappa shape index (κ3) is 4.51. The number of aromatic nitrogens is 2. The summed E-state index contributed by atoms with van der Waals surface area (Å²) in [4.78, 5) is 17.2. The third-order valence-corrected chi connectivity index (χ3v) is 5.03. The molecule has 0 spiro atoms.